The molecular weight excluding hydrogens is 234 g/mol. The Morgan fingerprint density at radius 1 is 1.21 bits per heavy atom. The van der Waals surface area contributed by atoms with Crippen molar-refractivity contribution in [1.82, 2.24) is 9.78 Å². The van der Waals surface area contributed by atoms with Crippen LogP contribution in [0.15, 0.2) is 24.3 Å². The number of anilines is 1. The largest absolute Gasteiger partial charge is 0.379 e. The summed E-state index contributed by atoms with van der Waals surface area (Å²) in [6, 6.07) is 8.57. The first-order valence-electron chi connectivity index (χ1n) is 7.01. The highest BCUT2D eigenvalue weighted by atomic mass is 15.3. The summed E-state index contributed by atoms with van der Waals surface area (Å²) in [5.74, 6) is 0. The Bertz CT molecular complexity index is 555. The van der Waals surface area contributed by atoms with Gasteiger partial charge in [-0.05, 0) is 50.5 Å². The van der Waals surface area contributed by atoms with Crippen LogP contribution < -0.4 is 5.32 Å². The van der Waals surface area contributed by atoms with Gasteiger partial charge in [0, 0.05) is 12.2 Å². The number of rotatable bonds is 5. The van der Waals surface area contributed by atoms with Crippen LogP contribution in [0.2, 0.25) is 0 Å². The van der Waals surface area contributed by atoms with E-state index >= 15 is 0 Å². The number of aromatic nitrogens is 2. The van der Waals surface area contributed by atoms with Crippen molar-refractivity contribution in [3.63, 3.8) is 0 Å². The molecule has 1 N–H and O–H groups in total. The Hall–Kier alpha value is -1.77. The summed E-state index contributed by atoms with van der Waals surface area (Å²) in [4.78, 5) is 0. The summed E-state index contributed by atoms with van der Waals surface area (Å²) >= 11 is 0. The van der Waals surface area contributed by atoms with Crippen molar-refractivity contribution >= 4 is 5.69 Å². The molecule has 3 heteroatoms. The third-order valence-corrected chi connectivity index (χ3v) is 3.64. The molecule has 102 valence electrons. The molecule has 1 heterocycles. The van der Waals surface area contributed by atoms with Crippen LogP contribution in [0.1, 0.15) is 36.4 Å². The molecule has 0 bridgehead atoms. The number of nitrogens with one attached hydrogen (secondary N) is 1. The predicted molar refractivity (Wildman–Crippen MR) is 80.5 cm³/mol. The molecule has 0 aliphatic rings. The first-order valence-corrected chi connectivity index (χ1v) is 7.01. The van der Waals surface area contributed by atoms with E-state index in [1.54, 1.807) is 0 Å². The molecule has 0 atom stereocenters. The lowest BCUT2D eigenvalue weighted by molar-refractivity contribution is 0.619. The molecule has 2 rings (SSSR count). The minimum absolute atomic E-state index is 0.825. The van der Waals surface area contributed by atoms with Gasteiger partial charge in [-0.1, -0.05) is 19.1 Å². The number of nitrogens with zero attached hydrogens (tertiary/aromatic N) is 2. The quantitative estimate of drug-likeness (QED) is 0.885. The zero-order chi connectivity index (χ0) is 13.8. The van der Waals surface area contributed by atoms with Crippen LogP contribution in [0.3, 0.4) is 0 Å². The molecule has 1 aromatic carbocycles. The van der Waals surface area contributed by atoms with Crippen LogP contribution in [-0.4, -0.2) is 9.78 Å². The fourth-order valence-electron chi connectivity index (χ4n) is 2.23. The standard InChI is InChI=1S/C16H23N3/c1-5-14-10-15(19(6-2)18-14)11-17-16-9-7-8-12(3)13(16)4/h7-10,17H,5-6,11H2,1-4H3. The minimum atomic E-state index is 0.825. The summed E-state index contributed by atoms with van der Waals surface area (Å²) in [7, 11) is 0. The van der Waals surface area contributed by atoms with Gasteiger partial charge in [-0.25, -0.2) is 0 Å². The lowest BCUT2D eigenvalue weighted by Crippen LogP contribution is -2.08. The summed E-state index contributed by atoms with van der Waals surface area (Å²) in [5.41, 5.74) is 6.27. The van der Waals surface area contributed by atoms with Crippen molar-refractivity contribution in [3.8, 4) is 0 Å². The van der Waals surface area contributed by atoms with Crippen molar-refractivity contribution in [1.29, 1.82) is 0 Å². The van der Waals surface area contributed by atoms with Gasteiger partial charge in [0.15, 0.2) is 0 Å². The maximum Gasteiger partial charge on any atom is 0.0625 e. The SMILES string of the molecule is CCc1cc(CNc2cccc(C)c2C)n(CC)n1. The monoisotopic (exact) mass is 257 g/mol. The van der Waals surface area contributed by atoms with Gasteiger partial charge < -0.3 is 5.32 Å². The Balaban J connectivity index is 2.14. The fourth-order valence-corrected chi connectivity index (χ4v) is 2.23. The molecule has 0 amide bonds. The predicted octanol–water partition coefficient (Wildman–Crippen LogP) is 3.69. The maximum absolute atomic E-state index is 4.58. The molecule has 0 radical (unpaired) electrons. The third-order valence-electron chi connectivity index (χ3n) is 3.64. The van der Waals surface area contributed by atoms with Crippen molar-refractivity contribution in [2.45, 2.75) is 47.2 Å². The molecule has 0 saturated heterocycles. The molecular formula is C16H23N3. The van der Waals surface area contributed by atoms with Crippen molar-refractivity contribution in [3.05, 3.63) is 46.8 Å². The number of hydrogen-bond acceptors (Lipinski definition) is 2. The van der Waals surface area contributed by atoms with E-state index in [0.717, 1.165) is 19.5 Å². The highest BCUT2D eigenvalue weighted by Gasteiger charge is 2.06. The lowest BCUT2D eigenvalue weighted by atomic mass is 10.1. The molecule has 0 aliphatic heterocycles. The molecule has 19 heavy (non-hydrogen) atoms. The fraction of sp³-hybridized carbons (Fsp3) is 0.438. The Labute approximate surface area is 115 Å². The van der Waals surface area contributed by atoms with E-state index in [0.29, 0.717) is 0 Å². The van der Waals surface area contributed by atoms with E-state index in [1.165, 1.54) is 28.2 Å². The van der Waals surface area contributed by atoms with E-state index in [2.05, 4.69) is 67.1 Å². The van der Waals surface area contributed by atoms with Gasteiger partial charge >= 0.3 is 0 Å². The topological polar surface area (TPSA) is 29.9 Å². The Morgan fingerprint density at radius 2 is 2.00 bits per heavy atom. The van der Waals surface area contributed by atoms with Gasteiger partial charge in [-0.3, -0.25) is 4.68 Å². The Morgan fingerprint density at radius 3 is 2.68 bits per heavy atom. The van der Waals surface area contributed by atoms with Gasteiger partial charge in [-0.2, -0.15) is 5.10 Å². The first-order chi connectivity index (χ1) is 9.15. The average Bonchev–Trinajstić information content (AvgIpc) is 2.83. The summed E-state index contributed by atoms with van der Waals surface area (Å²) < 4.78 is 2.08. The highest BCUT2D eigenvalue weighted by molar-refractivity contribution is 5.53. The maximum atomic E-state index is 4.58. The number of aryl methyl sites for hydroxylation is 3. The normalized spacial score (nSPS) is 10.7. The first kappa shape index (κ1) is 13.7. The molecule has 1 aromatic heterocycles. The summed E-state index contributed by atoms with van der Waals surface area (Å²) in [5, 5.41) is 8.10. The van der Waals surface area contributed by atoms with Crippen molar-refractivity contribution in [2.75, 3.05) is 5.32 Å². The molecule has 0 spiro atoms. The molecule has 0 fully saturated rings. The molecule has 2 aromatic rings. The van der Waals surface area contributed by atoms with Crippen molar-refractivity contribution < 1.29 is 0 Å². The zero-order valence-electron chi connectivity index (χ0n) is 12.3. The average molecular weight is 257 g/mol. The van der Waals surface area contributed by atoms with Crippen LogP contribution in [0, 0.1) is 13.8 Å². The van der Waals surface area contributed by atoms with Crippen LogP contribution >= 0.6 is 0 Å². The van der Waals surface area contributed by atoms with E-state index in [4.69, 9.17) is 0 Å². The summed E-state index contributed by atoms with van der Waals surface area (Å²) in [6.07, 6.45) is 0.990. The van der Waals surface area contributed by atoms with Gasteiger partial charge in [0.2, 0.25) is 0 Å². The second-order valence-corrected chi connectivity index (χ2v) is 4.90. The smallest absolute Gasteiger partial charge is 0.0625 e. The second kappa shape index (κ2) is 5.91. The summed E-state index contributed by atoms with van der Waals surface area (Å²) in [6.45, 7) is 10.3. The van der Waals surface area contributed by atoms with Gasteiger partial charge in [0.05, 0.1) is 17.9 Å². The van der Waals surface area contributed by atoms with Gasteiger partial charge in [0.1, 0.15) is 0 Å². The molecule has 0 saturated carbocycles. The van der Waals surface area contributed by atoms with E-state index < -0.39 is 0 Å². The minimum Gasteiger partial charge on any atom is -0.379 e. The molecule has 0 unspecified atom stereocenters. The van der Waals surface area contributed by atoms with Crippen LogP contribution in [0.25, 0.3) is 0 Å². The number of hydrogen-bond donors (Lipinski definition) is 1. The van der Waals surface area contributed by atoms with Gasteiger partial charge in [-0.15, -0.1) is 0 Å². The van der Waals surface area contributed by atoms with E-state index in [9.17, 15) is 0 Å². The van der Waals surface area contributed by atoms with Crippen LogP contribution in [0.4, 0.5) is 5.69 Å². The second-order valence-electron chi connectivity index (χ2n) is 4.90. The van der Waals surface area contributed by atoms with Crippen LogP contribution in [-0.2, 0) is 19.5 Å². The molecule has 3 nitrogen and oxygen atoms in total. The highest BCUT2D eigenvalue weighted by Crippen LogP contribution is 2.19. The lowest BCUT2D eigenvalue weighted by Gasteiger charge is -2.12. The van der Waals surface area contributed by atoms with E-state index in [-0.39, 0.29) is 0 Å². The van der Waals surface area contributed by atoms with Crippen molar-refractivity contribution in [2.24, 2.45) is 0 Å². The third kappa shape index (κ3) is 2.98. The van der Waals surface area contributed by atoms with Gasteiger partial charge in [0.25, 0.3) is 0 Å². The zero-order valence-corrected chi connectivity index (χ0v) is 12.3. The molecule has 0 aliphatic carbocycles. The van der Waals surface area contributed by atoms with Crippen LogP contribution in [0.5, 0.6) is 0 Å². The van der Waals surface area contributed by atoms with E-state index in [1.807, 2.05) is 0 Å². The number of benzene rings is 1. The Kier molecular flexibility index (Phi) is 4.25.